The SMILES string of the molecule is CC1CCN(S(=O)(=O)c2ccc(CNC(=O)c3ccc(Br)cc3)s2)CC1. The quantitative estimate of drug-likeness (QED) is 0.742. The third-order valence-corrected chi connectivity index (χ3v) is 8.48. The summed E-state index contributed by atoms with van der Waals surface area (Å²) in [5.74, 6) is 0.398. The molecule has 26 heavy (non-hydrogen) atoms. The fourth-order valence-electron chi connectivity index (χ4n) is 2.82. The number of sulfonamides is 1. The summed E-state index contributed by atoms with van der Waals surface area (Å²) in [4.78, 5) is 13.0. The molecule has 0 bridgehead atoms. The molecule has 1 amide bonds. The number of nitrogens with zero attached hydrogens (tertiary/aromatic N) is 1. The topological polar surface area (TPSA) is 66.5 Å². The normalized spacial score (nSPS) is 16.5. The highest BCUT2D eigenvalue weighted by molar-refractivity contribution is 9.10. The van der Waals surface area contributed by atoms with Crippen LogP contribution in [0.1, 0.15) is 35.0 Å². The average Bonchev–Trinajstić information content (AvgIpc) is 3.10. The largest absolute Gasteiger partial charge is 0.347 e. The summed E-state index contributed by atoms with van der Waals surface area (Å²) in [5.41, 5.74) is 0.569. The first-order valence-electron chi connectivity index (χ1n) is 8.49. The van der Waals surface area contributed by atoms with Crippen molar-refractivity contribution in [1.82, 2.24) is 9.62 Å². The fourth-order valence-corrected chi connectivity index (χ4v) is 6.00. The highest BCUT2D eigenvalue weighted by Crippen LogP contribution is 2.28. The third-order valence-electron chi connectivity index (χ3n) is 4.50. The van der Waals surface area contributed by atoms with Gasteiger partial charge in [-0.3, -0.25) is 4.79 Å². The Morgan fingerprint density at radius 3 is 2.50 bits per heavy atom. The highest BCUT2D eigenvalue weighted by atomic mass is 79.9. The maximum atomic E-state index is 12.7. The zero-order valence-corrected chi connectivity index (χ0v) is 17.7. The van der Waals surface area contributed by atoms with Gasteiger partial charge in [0, 0.05) is 28.0 Å². The van der Waals surface area contributed by atoms with Crippen molar-refractivity contribution >= 4 is 43.2 Å². The monoisotopic (exact) mass is 456 g/mol. The van der Waals surface area contributed by atoms with Crippen molar-refractivity contribution in [2.75, 3.05) is 13.1 Å². The molecule has 2 heterocycles. The van der Waals surface area contributed by atoms with Gasteiger partial charge in [0.15, 0.2) is 0 Å². The molecule has 1 aliphatic rings. The summed E-state index contributed by atoms with van der Waals surface area (Å²) < 4.78 is 28.3. The Balaban J connectivity index is 1.62. The van der Waals surface area contributed by atoms with Crippen molar-refractivity contribution in [1.29, 1.82) is 0 Å². The van der Waals surface area contributed by atoms with Crippen LogP contribution in [0.2, 0.25) is 0 Å². The molecular weight excluding hydrogens is 436 g/mol. The molecule has 3 rings (SSSR count). The highest BCUT2D eigenvalue weighted by Gasteiger charge is 2.29. The van der Waals surface area contributed by atoms with E-state index in [1.54, 1.807) is 28.6 Å². The Morgan fingerprint density at radius 2 is 1.85 bits per heavy atom. The van der Waals surface area contributed by atoms with Crippen LogP contribution in [-0.4, -0.2) is 31.7 Å². The minimum Gasteiger partial charge on any atom is -0.347 e. The molecule has 5 nitrogen and oxygen atoms in total. The first kappa shape index (κ1) is 19.5. The summed E-state index contributed by atoms with van der Waals surface area (Å²) in [6, 6.07) is 10.5. The third kappa shape index (κ3) is 4.54. The van der Waals surface area contributed by atoms with Crippen LogP contribution in [-0.2, 0) is 16.6 Å². The van der Waals surface area contributed by atoms with E-state index in [-0.39, 0.29) is 5.91 Å². The maximum absolute atomic E-state index is 12.7. The smallest absolute Gasteiger partial charge is 0.252 e. The van der Waals surface area contributed by atoms with Gasteiger partial charge in [-0.2, -0.15) is 4.31 Å². The molecule has 1 aromatic carbocycles. The standard InChI is InChI=1S/C18H21BrN2O3S2/c1-13-8-10-21(11-9-13)26(23,24)17-7-6-16(25-17)12-20-18(22)14-2-4-15(19)5-3-14/h2-7,13H,8-12H2,1H3,(H,20,22). The number of thiophene rings is 1. The predicted octanol–water partition coefficient (Wildman–Crippen LogP) is 3.86. The van der Waals surface area contributed by atoms with Crippen molar-refractivity contribution in [2.45, 2.75) is 30.5 Å². The number of nitrogens with one attached hydrogen (secondary N) is 1. The Morgan fingerprint density at radius 1 is 1.19 bits per heavy atom. The summed E-state index contributed by atoms with van der Waals surface area (Å²) in [6.45, 7) is 3.63. The van der Waals surface area contributed by atoms with Gasteiger partial charge in [0.05, 0.1) is 6.54 Å². The lowest BCUT2D eigenvalue weighted by Crippen LogP contribution is -2.37. The van der Waals surface area contributed by atoms with Gasteiger partial charge in [0.2, 0.25) is 0 Å². The molecule has 1 aliphatic heterocycles. The van der Waals surface area contributed by atoms with Gasteiger partial charge < -0.3 is 5.32 Å². The van der Waals surface area contributed by atoms with Crippen LogP contribution in [0.3, 0.4) is 0 Å². The lowest BCUT2D eigenvalue weighted by Gasteiger charge is -2.28. The maximum Gasteiger partial charge on any atom is 0.252 e. The number of hydrogen-bond acceptors (Lipinski definition) is 4. The summed E-state index contributed by atoms with van der Waals surface area (Å²) >= 11 is 4.56. The molecule has 0 saturated carbocycles. The number of amides is 1. The first-order valence-corrected chi connectivity index (χ1v) is 11.5. The number of rotatable bonds is 5. The molecule has 1 N–H and O–H groups in total. The average molecular weight is 457 g/mol. The molecule has 0 aliphatic carbocycles. The van der Waals surface area contributed by atoms with Crippen molar-refractivity contribution in [2.24, 2.45) is 5.92 Å². The minimum atomic E-state index is -3.43. The second-order valence-electron chi connectivity index (χ2n) is 6.50. The van der Waals surface area contributed by atoms with Gasteiger partial charge in [-0.05, 0) is 55.2 Å². The number of carbonyl (C=O) groups excluding carboxylic acids is 1. The van der Waals surface area contributed by atoms with E-state index in [1.807, 2.05) is 12.1 Å². The van der Waals surface area contributed by atoms with E-state index < -0.39 is 10.0 Å². The van der Waals surface area contributed by atoms with Crippen molar-refractivity contribution in [3.05, 3.63) is 51.3 Å². The predicted molar refractivity (Wildman–Crippen MR) is 107 cm³/mol. The van der Waals surface area contributed by atoms with Gasteiger partial charge in [-0.25, -0.2) is 8.42 Å². The fraction of sp³-hybridized carbons (Fsp3) is 0.389. The molecule has 8 heteroatoms. The minimum absolute atomic E-state index is 0.180. The molecule has 0 radical (unpaired) electrons. The van der Waals surface area contributed by atoms with E-state index in [2.05, 4.69) is 28.2 Å². The van der Waals surface area contributed by atoms with Gasteiger partial charge in [-0.15, -0.1) is 11.3 Å². The first-order chi connectivity index (χ1) is 12.4. The van der Waals surface area contributed by atoms with E-state index in [0.717, 1.165) is 22.2 Å². The Labute approximate surface area is 166 Å². The summed E-state index contributed by atoms with van der Waals surface area (Å²) in [6.07, 6.45) is 1.81. The number of carbonyl (C=O) groups is 1. The van der Waals surface area contributed by atoms with Gasteiger partial charge in [0.1, 0.15) is 4.21 Å². The number of piperidine rings is 1. The number of benzene rings is 1. The van der Waals surface area contributed by atoms with E-state index in [0.29, 0.717) is 35.3 Å². The Hall–Kier alpha value is -1.22. The molecule has 1 aromatic heterocycles. The van der Waals surface area contributed by atoms with Crippen molar-refractivity contribution in [3.8, 4) is 0 Å². The number of halogens is 1. The van der Waals surface area contributed by atoms with Crippen molar-refractivity contribution in [3.63, 3.8) is 0 Å². The van der Waals surface area contributed by atoms with E-state index in [9.17, 15) is 13.2 Å². The zero-order valence-electron chi connectivity index (χ0n) is 14.4. The Kier molecular flexibility index (Phi) is 6.17. The van der Waals surface area contributed by atoms with Crippen LogP contribution in [0.25, 0.3) is 0 Å². The zero-order chi connectivity index (χ0) is 18.7. The second-order valence-corrected chi connectivity index (χ2v) is 10.7. The lowest BCUT2D eigenvalue weighted by atomic mass is 10.0. The molecule has 140 valence electrons. The summed E-state index contributed by atoms with van der Waals surface area (Å²) in [7, 11) is -3.43. The van der Waals surface area contributed by atoms with Crippen molar-refractivity contribution < 1.29 is 13.2 Å². The molecule has 0 atom stereocenters. The second kappa shape index (κ2) is 8.21. The lowest BCUT2D eigenvalue weighted by molar-refractivity contribution is 0.0951. The van der Waals surface area contributed by atoms with E-state index in [1.165, 1.54) is 11.3 Å². The summed E-state index contributed by atoms with van der Waals surface area (Å²) in [5, 5.41) is 2.83. The Bertz CT molecular complexity index is 870. The molecule has 2 aromatic rings. The molecule has 1 fully saturated rings. The molecular formula is C18H21BrN2O3S2. The number of hydrogen-bond donors (Lipinski definition) is 1. The van der Waals surface area contributed by atoms with Crippen LogP contribution in [0.15, 0.2) is 45.1 Å². The van der Waals surface area contributed by atoms with E-state index >= 15 is 0 Å². The van der Waals surface area contributed by atoms with Crippen LogP contribution >= 0.6 is 27.3 Å². The van der Waals surface area contributed by atoms with Crippen LogP contribution in [0, 0.1) is 5.92 Å². The van der Waals surface area contributed by atoms with Gasteiger partial charge in [-0.1, -0.05) is 22.9 Å². The van der Waals surface area contributed by atoms with Gasteiger partial charge >= 0.3 is 0 Å². The molecule has 0 unspecified atom stereocenters. The molecule has 0 spiro atoms. The van der Waals surface area contributed by atoms with Crippen LogP contribution in [0.4, 0.5) is 0 Å². The van der Waals surface area contributed by atoms with Gasteiger partial charge in [0.25, 0.3) is 15.9 Å². The van der Waals surface area contributed by atoms with E-state index in [4.69, 9.17) is 0 Å². The molecule has 1 saturated heterocycles. The van der Waals surface area contributed by atoms with Crippen LogP contribution < -0.4 is 5.32 Å². The van der Waals surface area contributed by atoms with Crippen LogP contribution in [0.5, 0.6) is 0 Å².